The highest BCUT2D eigenvalue weighted by Crippen LogP contribution is 2.25. The van der Waals surface area contributed by atoms with Crippen LogP contribution >= 0.6 is 23.2 Å². The van der Waals surface area contributed by atoms with Crippen molar-refractivity contribution in [3.63, 3.8) is 0 Å². The van der Waals surface area contributed by atoms with Crippen LogP contribution in [0.1, 0.15) is 21.6 Å². The van der Waals surface area contributed by atoms with Crippen molar-refractivity contribution >= 4 is 45.8 Å². The number of hydrogen-bond acceptors (Lipinski definition) is 4. The monoisotopic (exact) mass is 378 g/mol. The predicted octanol–water partition coefficient (Wildman–Crippen LogP) is 1.85. The molecule has 0 spiro atoms. The van der Waals surface area contributed by atoms with Gasteiger partial charge in [-0.1, -0.05) is 23.2 Å². The van der Waals surface area contributed by atoms with Crippen LogP contribution in [-0.4, -0.2) is 16.0 Å². The molecule has 1 aromatic carbocycles. The summed E-state index contributed by atoms with van der Waals surface area (Å²) < 4.78 is 5.56. The van der Waals surface area contributed by atoms with Gasteiger partial charge in [-0.3, -0.25) is 9.78 Å². The third kappa shape index (κ3) is 3.37. The Balaban J connectivity index is 2.05. The van der Waals surface area contributed by atoms with Crippen LogP contribution in [0.15, 0.2) is 34.9 Å². The zero-order chi connectivity index (χ0) is 18.1. The fraction of sp³-hybridized carbons (Fsp3) is 0.118. The van der Waals surface area contributed by atoms with Gasteiger partial charge in [0.25, 0.3) is 5.91 Å². The third-order valence-electron chi connectivity index (χ3n) is 3.69. The summed E-state index contributed by atoms with van der Waals surface area (Å²) >= 11 is 11.8. The molecule has 0 aliphatic carbocycles. The molecule has 0 radical (unpaired) electrons. The minimum atomic E-state index is -0.472. The average Bonchev–Trinajstić information content (AvgIpc) is 2.58. The molecule has 0 bridgehead atoms. The van der Waals surface area contributed by atoms with Gasteiger partial charge in [-0.25, -0.2) is 5.41 Å². The van der Waals surface area contributed by atoms with Gasteiger partial charge in [0.1, 0.15) is 0 Å². The fourth-order valence-electron chi connectivity index (χ4n) is 2.39. The topological polar surface area (TPSA) is 101 Å². The first-order valence-electron chi connectivity index (χ1n) is 7.28. The molecule has 2 heterocycles. The summed E-state index contributed by atoms with van der Waals surface area (Å²) in [5, 5.41) is 19.3. The maximum atomic E-state index is 12.6. The number of pyridine rings is 1. The lowest BCUT2D eigenvalue weighted by Gasteiger charge is -2.08. The van der Waals surface area contributed by atoms with E-state index in [1.54, 1.807) is 25.1 Å². The largest absolute Gasteiger partial charge is 0.402 e. The number of anilines is 1. The molecule has 25 heavy (non-hydrogen) atoms. The van der Waals surface area contributed by atoms with E-state index in [0.717, 1.165) is 0 Å². The number of aliphatic hydroxyl groups is 1. The summed E-state index contributed by atoms with van der Waals surface area (Å²) in [6.45, 7) is 1.51. The lowest BCUT2D eigenvalue weighted by Crippen LogP contribution is -2.48. The molecule has 3 rings (SSSR count). The molecule has 0 aliphatic rings. The Morgan fingerprint density at radius 1 is 1.32 bits per heavy atom. The van der Waals surface area contributed by atoms with E-state index in [-0.39, 0.29) is 17.7 Å². The Labute approximate surface area is 152 Å². The molecule has 128 valence electrons. The first-order chi connectivity index (χ1) is 11.9. The average molecular weight is 379 g/mol. The molecule has 8 heteroatoms. The zero-order valence-corrected chi connectivity index (χ0v) is 14.6. The van der Waals surface area contributed by atoms with Gasteiger partial charge in [-0.05, 0) is 31.2 Å². The normalized spacial score (nSPS) is 10.9. The number of rotatable bonds is 3. The summed E-state index contributed by atoms with van der Waals surface area (Å²) in [6, 6.07) is 6.30. The van der Waals surface area contributed by atoms with E-state index in [4.69, 9.17) is 33.0 Å². The maximum absolute atomic E-state index is 12.6. The van der Waals surface area contributed by atoms with E-state index in [9.17, 15) is 9.90 Å². The molecule has 0 unspecified atom stereocenters. The Hall–Kier alpha value is -2.41. The van der Waals surface area contributed by atoms with E-state index in [1.165, 1.54) is 12.3 Å². The molecule has 0 atom stereocenters. The molecule has 1 amide bonds. The van der Waals surface area contributed by atoms with Gasteiger partial charge in [-0.15, -0.1) is 0 Å². The van der Waals surface area contributed by atoms with Crippen molar-refractivity contribution in [2.45, 2.75) is 13.5 Å². The van der Waals surface area contributed by atoms with Crippen molar-refractivity contribution in [2.75, 3.05) is 5.32 Å². The Morgan fingerprint density at radius 3 is 2.76 bits per heavy atom. The summed E-state index contributed by atoms with van der Waals surface area (Å²) in [5.74, 6) is -0.472. The quantitative estimate of drug-likeness (QED) is 0.647. The van der Waals surface area contributed by atoms with Crippen LogP contribution in [0.5, 0.6) is 0 Å². The van der Waals surface area contributed by atoms with Gasteiger partial charge in [0.05, 0.1) is 22.3 Å². The number of carbonyl (C=O) groups is 1. The second kappa shape index (κ2) is 6.84. The smallest absolute Gasteiger partial charge is 0.377 e. The van der Waals surface area contributed by atoms with Gasteiger partial charge < -0.3 is 14.8 Å². The number of amides is 1. The number of nitrogens with one attached hydrogen (secondary N) is 1. The lowest BCUT2D eigenvalue weighted by atomic mass is 10.1. The van der Waals surface area contributed by atoms with Gasteiger partial charge in [-0.2, -0.15) is 0 Å². The first-order valence-corrected chi connectivity index (χ1v) is 8.04. The van der Waals surface area contributed by atoms with Crippen LogP contribution in [0.25, 0.3) is 11.0 Å². The third-order valence-corrected chi connectivity index (χ3v) is 4.43. The minimum Gasteiger partial charge on any atom is -0.402 e. The number of aliphatic hydroxyl groups excluding tert-OH is 1. The van der Waals surface area contributed by atoms with Crippen LogP contribution in [0.3, 0.4) is 0 Å². The van der Waals surface area contributed by atoms with Crippen LogP contribution in [0, 0.1) is 6.92 Å². The molecule has 2 aromatic heterocycles. The van der Waals surface area contributed by atoms with Crippen molar-refractivity contribution in [2.24, 2.45) is 0 Å². The van der Waals surface area contributed by atoms with Crippen molar-refractivity contribution in [3.05, 3.63) is 62.9 Å². The highest BCUT2D eigenvalue weighted by Gasteiger charge is 2.18. The molecule has 0 fully saturated rings. The minimum absolute atomic E-state index is 0.0509. The van der Waals surface area contributed by atoms with Crippen LogP contribution < -0.4 is 16.3 Å². The van der Waals surface area contributed by atoms with E-state index in [0.29, 0.717) is 38.0 Å². The Bertz CT molecular complexity index is 1050. The molecule has 6 nitrogen and oxygen atoms in total. The molecule has 4 N–H and O–H groups in total. The molecule has 3 aromatic rings. The second-order valence-electron chi connectivity index (χ2n) is 5.38. The summed E-state index contributed by atoms with van der Waals surface area (Å²) in [4.78, 5) is 16.7. The van der Waals surface area contributed by atoms with Crippen molar-refractivity contribution in [1.29, 1.82) is 0 Å². The summed E-state index contributed by atoms with van der Waals surface area (Å²) in [7, 11) is 0. The van der Waals surface area contributed by atoms with Crippen LogP contribution in [0.2, 0.25) is 10.0 Å². The van der Waals surface area contributed by atoms with E-state index in [2.05, 4.69) is 10.3 Å². The van der Waals surface area contributed by atoms with Gasteiger partial charge in [0, 0.05) is 22.8 Å². The number of hydrogen-bond donors (Lipinski definition) is 3. The highest BCUT2D eigenvalue weighted by atomic mass is 35.5. The maximum Gasteiger partial charge on any atom is 0.377 e. The molecule has 0 aliphatic heterocycles. The van der Waals surface area contributed by atoms with Crippen molar-refractivity contribution in [1.82, 2.24) is 4.98 Å². The number of nitrogens with zero attached hydrogens (tertiary/aromatic N) is 1. The van der Waals surface area contributed by atoms with Crippen LogP contribution in [-0.2, 0) is 6.61 Å². The van der Waals surface area contributed by atoms with Gasteiger partial charge in [0.2, 0.25) is 0 Å². The predicted molar refractivity (Wildman–Crippen MR) is 94.1 cm³/mol. The molecule has 0 saturated carbocycles. The number of benzene rings is 1. The van der Waals surface area contributed by atoms with Crippen molar-refractivity contribution in [3.8, 4) is 0 Å². The Kier molecular flexibility index (Phi) is 4.76. The number of fused-ring (bicyclic) bond motifs is 1. The van der Waals surface area contributed by atoms with E-state index >= 15 is 0 Å². The first kappa shape index (κ1) is 17.4. The second-order valence-corrected chi connectivity index (χ2v) is 6.19. The van der Waals surface area contributed by atoms with Crippen LogP contribution in [0.4, 0.5) is 5.69 Å². The molecule has 0 saturated heterocycles. The number of aromatic nitrogens is 1. The number of carbonyl (C=O) groups excluding carboxylic acids is 1. The molecular weight excluding hydrogens is 365 g/mol. The SMILES string of the molecule is Cc1ncc(CO)c2cc(C(=O)Nc3ccc(Cl)c(Cl)c3)c(=[NH2+])oc12. The van der Waals surface area contributed by atoms with E-state index < -0.39 is 5.91 Å². The van der Waals surface area contributed by atoms with Gasteiger partial charge >= 0.3 is 5.55 Å². The highest BCUT2D eigenvalue weighted by molar-refractivity contribution is 6.42. The summed E-state index contributed by atoms with van der Waals surface area (Å²) in [5.41, 5.74) is 2.12. The van der Waals surface area contributed by atoms with Crippen molar-refractivity contribution < 1.29 is 19.7 Å². The standard InChI is InChI=1S/C17H13Cl2N3O3/c1-8-15-11(9(7-23)6-21-8)5-12(16(20)25-15)17(24)22-10-2-3-13(18)14(19)4-10/h2-6,20,23H,7H2,1H3,(H,22,24)/p+1. The number of halogens is 2. The lowest BCUT2D eigenvalue weighted by molar-refractivity contribution is -0.197. The fourth-order valence-corrected chi connectivity index (χ4v) is 2.68. The zero-order valence-electron chi connectivity index (χ0n) is 13.1. The summed E-state index contributed by atoms with van der Waals surface area (Å²) in [6.07, 6.45) is 1.53. The number of aryl methyl sites for hydroxylation is 1. The van der Waals surface area contributed by atoms with E-state index in [1.807, 2.05) is 0 Å². The van der Waals surface area contributed by atoms with Gasteiger partial charge in [0.15, 0.2) is 11.1 Å². The Morgan fingerprint density at radius 2 is 2.08 bits per heavy atom. The molecular formula is C17H14Cl2N3O3+. The number of nitrogens with two attached hydrogens (primary N) is 1.